The Morgan fingerprint density at radius 2 is 1.27 bits per heavy atom. The van der Waals surface area contributed by atoms with Crippen molar-refractivity contribution in [3.8, 4) is 0 Å². The Morgan fingerprint density at radius 1 is 0.867 bits per heavy atom. The van der Waals surface area contributed by atoms with Crippen LogP contribution < -0.4 is 10.6 Å². The van der Waals surface area contributed by atoms with Crippen LogP contribution in [0.1, 0.15) is 61.3 Å². The highest BCUT2D eigenvalue weighted by Gasteiger charge is 2.30. The van der Waals surface area contributed by atoms with E-state index >= 15 is 0 Å². The summed E-state index contributed by atoms with van der Waals surface area (Å²) in [6.45, 7) is 12.3. The van der Waals surface area contributed by atoms with Crippen molar-refractivity contribution in [1.29, 1.82) is 0 Å². The lowest BCUT2D eigenvalue weighted by Crippen LogP contribution is -2.46. The minimum absolute atomic E-state index is 0.00986. The molecule has 30 heavy (non-hydrogen) atoms. The molecule has 0 bridgehead atoms. The SMILES string of the molecule is CC(CNC(=O)OC(C)(C)C)(CNC(=O)OC(C)(C)C)CC(=O)CCOS(C)(=O)=S. The number of ketones is 1. The van der Waals surface area contributed by atoms with Gasteiger partial charge in [0.1, 0.15) is 25.8 Å². The molecule has 1 unspecified atom stereocenters. The maximum Gasteiger partial charge on any atom is 0.407 e. The van der Waals surface area contributed by atoms with Crippen molar-refractivity contribution in [3.05, 3.63) is 0 Å². The van der Waals surface area contributed by atoms with Crippen molar-refractivity contribution in [2.75, 3.05) is 26.0 Å². The number of ether oxygens (including phenoxy) is 2. The van der Waals surface area contributed by atoms with Crippen molar-refractivity contribution in [1.82, 2.24) is 10.6 Å². The molecule has 0 saturated heterocycles. The van der Waals surface area contributed by atoms with Crippen LogP contribution in [0.5, 0.6) is 0 Å². The van der Waals surface area contributed by atoms with E-state index in [0.717, 1.165) is 0 Å². The van der Waals surface area contributed by atoms with Gasteiger partial charge in [0.15, 0.2) is 0 Å². The van der Waals surface area contributed by atoms with Gasteiger partial charge in [0.25, 0.3) is 0 Å². The number of Topliss-reactive ketones (excluding diaryl/α,β-unsaturated/α-hetero) is 1. The summed E-state index contributed by atoms with van der Waals surface area (Å²) in [5.41, 5.74) is -2.15. The molecule has 11 heteroatoms. The second-order valence-electron chi connectivity index (χ2n) is 9.51. The lowest BCUT2D eigenvalue weighted by Gasteiger charge is -2.31. The largest absolute Gasteiger partial charge is 0.444 e. The first-order valence-electron chi connectivity index (χ1n) is 9.60. The van der Waals surface area contributed by atoms with Crippen molar-refractivity contribution in [2.24, 2.45) is 5.41 Å². The first-order valence-corrected chi connectivity index (χ1v) is 12.4. The topological polar surface area (TPSA) is 120 Å². The van der Waals surface area contributed by atoms with E-state index in [2.05, 4.69) is 21.8 Å². The predicted molar refractivity (Wildman–Crippen MR) is 118 cm³/mol. The highest BCUT2D eigenvalue weighted by molar-refractivity contribution is 8.29. The second-order valence-corrected chi connectivity index (χ2v) is 13.0. The molecule has 2 N–H and O–H groups in total. The fourth-order valence-corrected chi connectivity index (χ4v) is 2.85. The molecule has 0 heterocycles. The third-order valence-electron chi connectivity index (χ3n) is 3.42. The van der Waals surface area contributed by atoms with Gasteiger partial charge in [0.05, 0.1) is 6.61 Å². The highest BCUT2D eigenvalue weighted by Crippen LogP contribution is 2.22. The molecule has 1 atom stereocenters. The molecule has 0 radical (unpaired) electrons. The summed E-state index contributed by atoms with van der Waals surface area (Å²) in [7, 11) is -2.81. The monoisotopic (exact) mass is 468 g/mol. The van der Waals surface area contributed by atoms with Crippen molar-refractivity contribution >= 4 is 37.9 Å². The van der Waals surface area contributed by atoms with E-state index in [9.17, 15) is 18.6 Å². The van der Waals surface area contributed by atoms with E-state index in [4.69, 9.17) is 13.7 Å². The summed E-state index contributed by atoms with van der Waals surface area (Å²) in [6, 6.07) is 0. The van der Waals surface area contributed by atoms with Gasteiger partial charge in [0.2, 0.25) is 0 Å². The number of carbonyl (C=O) groups excluding carboxylic acids is 3. The Bertz CT molecular complexity index is 675. The Hall–Kier alpha value is -1.46. The van der Waals surface area contributed by atoms with Crippen molar-refractivity contribution in [3.63, 3.8) is 0 Å². The Balaban J connectivity index is 5.02. The fraction of sp³-hybridized carbons (Fsp3) is 0.842. The zero-order valence-electron chi connectivity index (χ0n) is 19.2. The highest BCUT2D eigenvalue weighted by atomic mass is 32.8. The number of nitrogens with one attached hydrogen (secondary N) is 2. The molecule has 0 aromatic rings. The van der Waals surface area contributed by atoms with E-state index in [-0.39, 0.29) is 38.3 Å². The quantitative estimate of drug-likeness (QED) is 0.502. The van der Waals surface area contributed by atoms with Crippen LogP contribution >= 0.6 is 0 Å². The normalized spacial score (nSPS) is 14.4. The van der Waals surface area contributed by atoms with E-state index in [1.54, 1.807) is 48.5 Å². The first-order chi connectivity index (χ1) is 13.3. The van der Waals surface area contributed by atoms with E-state index in [1.807, 2.05) is 0 Å². The lowest BCUT2D eigenvalue weighted by molar-refractivity contribution is -0.121. The van der Waals surface area contributed by atoms with Gasteiger partial charge in [-0.25, -0.2) is 13.8 Å². The molecule has 0 spiro atoms. The summed E-state index contributed by atoms with van der Waals surface area (Å²) in [6.07, 6.45) is 0.0596. The van der Waals surface area contributed by atoms with E-state index in [0.29, 0.717) is 0 Å². The Kier molecular flexibility index (Phi) is 10.7. The molecule has 0 aromatic heterocycles. The van der Waals surface area contributed by atoms with E-state index in [1.165, 1.54) is 6.26 Å². The number of hydrogen-bond acceptors (Lipinski definition) is 8. The minimum Gasteiger partial charge on any atom is -0.444 e. The molecule has 0 aliphatic rings. The number of carbonyl (C=O) groups is 3. The van der Waals surface area contributed by atoms with Crippen LogP contribution in [0.4, 0.5) is 9.59 Å². The van der Waals surface area contributed by atoms with Crippen molar-refractivity contribution < 1.29 is 32.2 Å². The van der Waals surface area contributed by atoms with Crippen LogP contribution in [0.15, 0.2) is 0 Å². The second kappa shape index (κ2) is 11.2. The molecule has 0 fully saturated rings. The van der Waals surface area contributed by atoms with E-state index < -0.39 is 37.6 Å². The molecule has 176 valence electrons. The molecule has 0 aliphatic heterocycles. The van der Waals surface area contributed by atoms with Crippen LogP contribution in [0.3, 0.4) is 0 Å². The third-order valence-corrected chi connectivity index (χ3v) is 4.30. The number of rotatable bonds is 10. The van der Waals surface area contributed by atoms with Crippen LogP contribution in [0.2, 0.25) is 0 Å². The van der Waals surface area contributed by atoms with Gasteiger partial charge in [-0.2, -0.15) is 0 Å². The zero-order valence-corrected chi connectivity index (χ0v) is 20.8. The maximum atomic E-state index is 12.4. The maximum absolute atomic E-state index is 12.4. The summed E-state index contributed by atoms with van der Waals surface area (Å²) in [5.74, 6) is -0.187. The fourth-order valence-electron chi connectivity index (χ4n) is 2.26. The average Bonchev–Trinajstić information content (AvgIpc) is 2.46. The summed E-state index contributed by atoms with van der Waals surface area (Å²) in [5, 5.41) is 5.28. The zero-order chi connectivity index (χ0) is 23.8. The van der Waals surface area contributed by atoms with Gasteiger partial charge < -0.3 is 20.1 Å². The van der Waals surface area contributed by atoms with Gasteiger partial charge in [-0.05, 0) is 41.5 Å². The lowest BCUT2D eigenvalue weighted by atomic mass is 9.84. The van der Waals surface area contributed by atoms with Crippen LogP contribution in [-0.2, 0) is 38.4 Å². The van der Waals surface area contributed by atoms with Crippen molar-refractivity contribution in [2.45, 2.75) is 72.5 Å². The van der Waals surface area contributed by atoms with Crippen LogP contribution in [0.25, 0.3) is 0 Å². The molecule has 9 nitrogen and oxygen atoms in total. The van der Waals surface area contributed by atoms with Gasteiger partial charge in [-0.3, -0.25) is 8.98 Å². The molecule has 0 saturated carbocycles. The molecule has 0 aliphatic carbocycles. The average molecular weight is 469 g/mol. The summed E-state index contributed by atoms with van der Waals surface area (Å²) in [4.78, 5) is 36.4. The van der Waals surface area contributed by atoms with Crippen LogP contribution in [-0.4, -0.2) is 59.3 Å². The number of hydrogen-bond donors (Lipinski definition) is 2. The number of amides is 2. The first kappa shape index (κ1) is 28.5. The van der Waals surface area contributed by atoms with Gasteiger partial charge in [-0.15, -0.1) is 0 Å². The van der Waals surface area contributed by atoms with Gasteiger partial charge >= 0.3 is 12.2 Å². The Labute approximate surface area is 184 Å². The molecular formula is C19H36N2O7S2. The number of alkyl carbamates (subject to hydrolysis) is 2. The smallest absolute Gasteiger partial charge is 0.407 e. The summed E-state index contributed by atoms with van der Waals surface area (Å²) < 4.78 is 26.8. The summed E-state index contributed by atoms with van der Waals surface area (Å²) >= 11 is 4.65. The molecule has 2 amide bonds. The predicted octanol–water partition coefficient (Wildman–Crippen LogP) is 2.70. The Morgan fingerprint density at radius 3 is 1.60 bits per heavy atom. The van der Waals surface area contributed by atoms with Crippen LogP contribution in [0, 0.1) is 5.41 Å². The molecule has 0 aromatic carbocycles. The minimum atomic E-state index is -2.81. The third kappa shape index (κ3) is 16.3. The standard InChI is InChI=1S/C19H36N2O7S2/c1-17(2,3)27-15(23)20-12-19(7,13-21-16(24)28-18(4,5)6)11-14(22)9-10-26-30(8,25)29/h9-13H2,1-8H3,(H,20,23)(H,21,24). The van der Waals surface area contributed by atoms with Gasteiger partial charge in [0, 0.05) is 48.8 Å². The molecular weight excluding hydrogens is 432 g/mol. The van der Waals surface area contributed by atoms with Gasteiger partial charge in [-0.1, -0.05) is 6.92 Å². The molecule has 0 rings (SSSR count).